The zero-order valence-corrected chi connectivity index (χ0v) is 38.4. The van der Waals surface area contributed by atoms with E-state index < -0.39 is 96.0 Å². The van der Waals surface area contributed by atoms with E-state index in [1.807, 2.05) is 51.7 Å². The van der Waals surface area contributed by atoms with Crippen LogP contribution in [0.15, 0.2) is 24.3 Å². The summed E-state index contributed by atoms with van der Waals surface area (Å²) in [5.74, 6) is -2.33. The van der Waals surface area contributed by atoms with Gasteiger partial charge < -0.3 is 63.4 Å². The molecule has 18 atom stereocenters. The lowest BCUT2D eigenvalue weighted by Gasteiger charge is -2.49. The van der Waals surface area contributed by atoms with Crippen LogP contribution in [0, 0.1) is 29.1 Å². The lowest BCUT2D eigenvalue weighted by Crippen LogP contribution is -2.61. The molecule has 3 aliphatic rings. The second kappa shape index (κ2) is 20.4. The number of cyclic esters (lactones) is 1. The summed E-state index contributed by atoms with van der Waals surface area (Å²) in [5, 5.41) is 57.4. The normalized spacial score (nSPS) is 44.3. The molecule has 0 aliphatic carbocycles. The minimum absolute atomic E-state index is 0.115. The summed E-state index contributed by atoms with van der Waals surface area (Å²) in [7, 11) is 7.24. The molecule has 1 aromatic rings. The van der Waals surface area contributed by atoms with Gasteiger partial charge in [-0.2, -0.15) is 5.26 Å². The maximum atomic E-state index is 14.5. The van der Waals surface area contributed by atoms with E-state index in [0.29, 0.717) is 24.3 Å². The number of aliphatic hydroxyl groups excluding tert-OH is 2. The lowest BCUT2D eigenvalue weighted by molar-refractivity contribution is -0.316. The van der Waals surface area contributed by atoms with Crippen LogP contribution >= 0.6 is 0 Å². The minimum atomic E-state index is -1.82. The van der Waals surface area contributed by atoms with Gasteiger partial charge in [0.2, 0.25) is 0 Å². The van der Waals surface area contributed by atoms with Gasteiger partial charge in [0.25, 0.3) is 0 Å². The molecular weight excluding hydrogens is 775 g/mol. The number of rotatable bonds is 9. The van der Waals surface area contributed by atoms with E-state index in [2.05, 4.69) is 6.07 Å². The van der Waals surface area contributed by atoms with E-state index >= 15 is 0 Å². The number of ether oxygens (including phenoxy) is 7. The van der Waals surface area contributed by atoms with Gasteiger partial charge in [-0.15, -0.1) is 0 Å². The number of hydrogen-bond acceptors (Lipinski definition) is 15. The van der Waals surface area contributed by atoms with Crippen LogP contribution in [0.3, 0.4) is 0 Å². The van der Waals surface area contributed by atoms with Crippen LogP contribution in [0.5, 0.6) is 5.75 Å². The first-order chi connectivity index (χ1) is 27.9. The quantitative estimate of drug-likeness (QED) is 0.262. The predicted octanol–water partition coefficient (Wildman–Crippen LogP) is 3.86. The molecule has 342 valence electrons. The highest BCUT2D eigenvalue weighted by atomic mass is 16.7. The summed E-state index contributed by atoms with van der Waals surface area (Å²) in [5.41, 5.74) is -4.13. The van der Waals surface area contributed by atoms with Crippen LogP contribution in [0.1, 0.15) is 100 Å². The van der Waals surface area contributed by atoms with Gasteiger partial charge in [0.1, 0.15) is 35.7 Å². The van der Waals surface area contributed by atoms with Crippen LogP contribution in [0.4, 0.5) is 0 Å². The molecule has 3 saturated heterocycles. The van der Waals surface area contributed by atoms with Crippen LogP contribution in [-0.2, 0) is 33.2 Å². The van der Waals surface area contributed by atoms with E-state index in [4.69, 9.17) is 33.2 Å². The number of nitriles is 1. The molecule has 0 saturated carbocycles. The average Bonchev–Trinajstić information content (AvgIpc) is 3.18. The van der Waals surface area contributed by atoms with Crippen molar-refractivity contribution in [3.05, 3.63) is 29.8 Å². The Balaban J connectivity index is 1.89. The van der Waals surface area contributed by atoms with Crippen LogP contribution in [0.25, 0.3) is 0 Å². The van der Waals surface area contributed by atoms with Crippen molar-refractivity contribution >= 4 is 5.97 Å². The number of nitrogens with zero attached hydrogens (tertiary/aromatic N) is 3. The van der Waals surface area contributed by atoms with Crippen molar-refractivity contribution in [1.29, 1.82) is 5.26 Å². The summed E-state index contributed by atoms with van der Waals surface area (Å²) < 4.78 is 45.3. The van der Waals surface area contributed by atoms with Gasteiger partial charge in [0, 0.05) is 32.0 Å². The molecular formula is C45H75N3O12. The van der Waals surface area contributed by atoms with E-state index in [1.165, 1.54) is 14.0 Å². The van der Waals surface area contributed by atoms with E-state index in [9.17, 15) is 30.5 Å². The van der Waals surface area contributed by atoms with Gasteiger partial charge in [-0.25, -0.2) is 0 Å². The maximum absolute atomic E-state index is 14.5. The number of carbonyl (C=O) groups excluding carboxylic acids is 1. The van der Waals surface area contributed by atoms with Crippen molar-refractivity contribution in [3.8, 4) is 11.8 Å². The molecule has 4 rings (SSSR count). The number of carbonyl (C=O) groups is 1. The third-order valence-electron chi connectivity index (χ3n) is 13.5. The van der Waals surface area contributed by atoms with Gasteiger partial charge >= 0.3 is 5.97 Å². The van der Waals surface area contributed by atoms with E-state index in [0.717, 1.165) is 0 Å². The Labute approximate surface area is 358 Å². The largest absolute Gasteiger partial charge is 0.482 e. The zero-order chi connectivity index (χ0) is 45.1. The van der Waals surface area contributed by atoms with E-state index in [1.54, 1.807) is 65.8 Å². The molecule has 0 radical (unpaired) electrons. The summed E-state index contributed by atoms with van der Waals surface area (Å²) in [4.78, 5) is 18.4. The minimum Gasteiger partial charge on any atom is -0.482 e. The van der Waals surface area contributed by atoms with Gasteiger partial charge in [-0.3, -0.25) is 4.79 Å². The monoisotopic (exact) mass is 850 g/mol. The van der Waals surface area contributed by atoms with Crippen molar-refractivity contribution in [2.24, 2.45) is 17.8 Å². The number of likely N-dealkylation sites (N-methyl/N-ethyl adjacent to an activating group) is 2. The summed E-state index contributed by atoms with van der Waals surface area (Å²) in [6.45, 7) is 18.1. The second-order valence-corrected chi connectivity index (χ2v) is 18.9. The second-order valence-electron chi connectivity index (χ2n) is 18.9. The Kier molecular flexibility index (Phi) is 17.0. The number of methoxy groups -OCH3 is 1. The fourth-order valence-electron chi connectivity index (χ4n) is 9.66. The molecule has 3 aliphatic heterocycles. The highest BCUT2D eigenvalue weighted by Gasteiger charge is 2.53. The fourth-order valence-corrected chi connectivity index (χ4v) is 9.66. The molecule has 0 amide bonds. The Hall–Kier alpha value is -2.46. The van der Waals surface area contributed by atoms with Crippen molar-refractivity contribution in [2.75, 3.05) is 34.8 Å². The molecule has 1 aromatic carbocycles. The van der Waals surface area contributed by atoms with Crippen LogP contribution in [-0.4, -0.2) is 161 Å². The molecule has 3 heterocycles. The van der Waals surface area contributed by atoms with Crippen LogP contribution in [0.2, 0.25) is 0 Å². The summed E-state index contributed by atoms with van der Waals surface area (Å²) >= 11 is 0. The molecule has 0 spiro atoms. The number of hydrogen-bond donors (Lipinski definition) is 4. The molecule has 15 heteroatoms. The SMILES string of the molecule is CC[C@H]1OC(=O)[C@H](C)[C@@H](O[C@H]2C[C@@](C)(OC)[C@@H](O)[C@H](C)O2)[C@H](C)[C@@H](O[C@@H]2O[C@H](C)C[C@H](N(C)C)[C@H]2Oc2ccccc2C#N)[C@](C)(O)C[C@@H](C)CN(C)[C@H](C)[C@@H](O)[C@]1(C)O. The molecule has 0 bridgehead atoms. The first-order valence-electron chi connectivity index (χ1n) is 21.6. The van der Waals surface area contributed by atoms with Crippen molar-refractivity contribution in [1.82, 2.24) is 9.80 Å². The smallest absolute Gasteiger partial charge is 0.311 e. The third kappa shape index (κ3) is 11.2. The number of benzene rings is 1. The van der Waals surface area contributed by atoms with Gasteiger partial charge in [0.15, 0.2) is 18.7 Å². The standard InChI is InChI=1S/C45H75N3O12/c1-15-34-45(10,53)38(49)29(6)48(13)24-25(2)21-43(8,52)40(27(4)36(28(5)41(51)58-34)59-35-22-44(9,54-14)39(50)30(7)56-35)60-42-37(32(47(11)12)20-26(3)55-42)57-33-19-17-16-18-31(33)23-46/h16-19,25-30,32,34-40,42,49-50,52-53H,15,20-22,24H2,1-14H3/t25-,26-,27+,28-,29-,30+,32+,34-,35+,36+,37-,38-,39+,40-,42+,43-,44-,45-/m1/s1. The summed E-state index contributed by atoms with van der Waals surface area (Å²) in [6, 6.07) is 8.38. The number of esters is 1. The fraction of sp³-hybridized carbons (Fsp3) is 0.822. The maximum Gasteiger partial charge on any atom is 0.311 e. The highest BCUT2D eigenvalue weighted by molar-refractivity contribution is 5.73. The van der Waals surface area contributed by atoms with Crippen molar-refractivity contribution in [2.45, 2.75) is 185 Å². The third-order valence-corrected chi connectivity index (χ3v) is 13.5. The molecule has 3 fully saturated rings. The van der Waals surface area contributed by atoms with Gasteiger partial charge in [0.05, 0.1) is 53.1 Å². The average molecular weight is 850 g/mol. The summed E-state index contributed by atoms with van der Waals surface area (Å²) in [6.07, 6.45) is -8.14. The lowest BCUT2D eigenvalue weighted by atomic mass is 9.77. The predicted molar refractivity (Wildman–Crippen MR) is 224 cm³/mol. The van der Waals surface area contributed by atoms with Crippen molar-refractivity contribution < 1.29 is 58.4 Å². The molecule has 0 aromatic heterocycles. The number of para-hydroxylation sites is 1. The number of aliphatic hydroxyl groups is 4. The van der Waals surface area contributed by atoms with Gasteiger partial charge in [-0.1, -0.05) is 32.9 Å². The van der Waals surface area contributed by atoms with Crippen LogP contribution < -0.4 is 4.74 Å². The van der Waals surface area contributed by atoms with Gasteiger partial charge in [-0.05, 0) is 107 Å². The molecule has 4 N–H and O–H groups in total. The molecule has 60 heavy (non-hydrogen) atoms. The Morgan fingerprint density at radius 3 is 2.22 bits per heavy atom. The molecule has 15 nitrogen and oxygen atoms in total. The molecule has 0 unspecified atom stereocenters. The Bertz CT molecular complexity index is 1590. The Morgan fingerprint density at radius 2 is 1.62 bits per heavy atom. The zero-order valence-electron chi connectivity index (χ0n) is 38.4. The topological polar surface area (TPSA) is 193 Å². The first-order valence-corrected chi connectivity index (χ1v) is 21.6. The van der Waals surface area contributed by atoms with Crippen molar-refractivity contribution in [3.63, 3.8) is 0 Å². The highest BCUT2D eigenvalue weighted by Crippen LogP contribution is 2.41. The van der Waals surface area contributed by atoms with E-state index in [-0.39, 0.29) is 37.3 Å². The first kappa shape index (κ1) is 50.2. The Morgan fingerprint density at radius 1 is 0.967 bits per heavy atom.